The monoisotopic (exact) mass is 408 g/mol. The Labute approximate surface area is 171 Å². The molecule has 1 amide bonds. The number of aromatic nitrogens is 1. The van der Waals surface area contributed by atoms with E-state index in [2.05, 4.69) is 5.32 Å². The van der Waals surface area contributed by atoms with E-state index in [4.69, 9.17) is 9.47 Å². The van der Waals surface area contributed by atoms with Gasteiger partial charge in [0.05, 0.1) is 10.9 Å². The number of aryl methyl sites for hydroxylation is 1. The van der Waals surface area contributed by atoms with E-state index in [1.165, 1.54) is 6.20 Å². The topological polar surface area (TPSA) is 107 Å². The SMILES string of the molecule is CCn1cc(C(=O)N[C@H](Cc2ccccc2)C(=O)O)c(=O)c2cc3c(cc21)OCO3. The predicted octanol–water partition coefficient (Wildman–Crippen LogP) is 2.18. The van der Waals surface area contributed by atoms with Gasteiger partial charge in [0.2, 0.25) is 12.2 Å². The van der Waals surface area contributed by atoms with Crippen LogP contribution in [0.4, 0.5) is 0 Å². The van der Waals surface area contributed by atoms with E-state index in [1.54, 1.807) is 41.0 Å². The van der Waals surface area contributed by atoms with Crippen LogP contribution in [0.2, 0.25) is 0 Å². The molecule has 4 rings (SSSR count). The second kappa shape index (κ2) is 7.90. The second-order valence-electron chi connectivity index (χ2n) is 6.93. The zero-order chi connectivity index (χ0) is 21.3. The van der Waals surface area contributed by atoms with Gasteiger partial charge in [-0.25, -0.2) is 4.79 Å². The van der Waals surface area contributed by atoms with Gasteiger partial charge in [-0.1, -0.05) is 30.3 Å². The van der Waals surface area contributed by atoms with Gasteiger partial charge in [-0.2, -0.15) is 0 Å². The molecule has 0 fully saturated rings. The fourth-order valence-electron chi connectivity index (χ4n) is 3.49. The van der Waals surface area contributed by atoms with Crippen molar-refractivity contribution in [3.8, 4) is 11.5 Å². The highest BCUT2D eigenvalue weighted by molar-refractivity contribution is 5.99. The molecule has 1 atom stereocenters. The molecule has 0 unspecified atom stereocenters. The molecule has 0 aliphatic carbocycles. The maximum atomic E-state index is 13.0. The average molecular weight is 408 g/mol. The Kier molecular flexibility index (Phi) is 5.14. The Morgan fingerprint density at radius 1 is 1.17 bits per heavy atom. The van der Waals surface area contributed by atoms with Crippen LogP contribution in [0.25, 0.3) is 10.9 Å². The van der Waals surface area contributed by atoms with Crippen molar-refractivity contribution < 1.29 is 24.2 Å². The summed E-state index contributed by atoms with van der Waals surface area (Å²) in [5.41, 5.74) is 0.765. The maximum absolute atomic E-state index is 13.0. The zero-order valence-electron chi connectivity index (χ0n) is 16.3. The molecule has 8 heteroatoms. The largest absolute Gasteiger partial charge is 0.480 e. The highest BCUT2D eigenvalue weighted by Gasteiger charge is 2.25. The predicted molar refractivity (Wildman–Crippen MR) is 109 cm³/mol. The Morgan fingerprint density at radius 2 is 1.87 bits per heavy atom. The first-order chi connectivity index (χ1) is 14.5. The Balaban J connectivity index is 1.70. The molecule has 30 heavy (non-hydrogen) atoms. The number of pyridine rings is 1. The molecule has 1 aliphatic rings. The Morgan fingerprint density at radius 3 is 2.53 bits per heavy atom. The van der Waals surface area contributed by atoms with Gasteiger partial charge in [-0.05, 0) is 18.6 Å². The summed E-state index contributed by atoms with van der Waals surface area (Å²) in [6.45, 7) is 2.45. The van der Waals surface area contributed by atoms with Crippen LogP contribution in [-0.2, 0) is 17.8 Å². The van der Waals surface area contributed by atoms with E-state index in [1.807, 2.05) is 13.0 Å². The lowest BCUT2D eigenvalue weighted by Gasteiger charge is -2.16. The third kappa shape index (κ3) is 3.59. The van der Waals surface area contributed by atoms with E-state index in [0.29, 0.717) is 28.9 Å². The van der Waals surface area contributed by atoms with Crippen molar-refractivity contribution in [2.45, 2.75) is 25.9 Å². The van der Waals surface area contributed by atoms with Crippen molar-refractivity contribution >= 4 is 22.8 Å². The molecular weight excluding hydrogens is 388 g/mol. The number of aliphatic carboxylic acids is 1. The van der Waals surface area contributed by atoms with E-state index in [9.17, 15) is 19.5 Å². The molecular formula is C22H20N2O6. The summed E-state index contributed by atoms with van der Waals surface area (Å²) in [6, 6.07) is 11.1. The number of carbonyl (C=O) groups excluding carboxylic acids is 1. The van der Waals surface area contributed by atoms with Gasteiger partial charge >= 0.3 is 5.97 Å². The maximum Gasteiger partial charge on any atom is 0.326 e. The van der Waals surface area contributed by atoms with Crippen molar-refractivity contribution in [2.24, 2.45) is 0 Å². The number of ether oxygens (including phenoxy) is 2. The van der Waals surface area contributed by atoms with E-state index >= 15 is 0 Å². The van der Waals surface area contributed by atoms with E-state index < -0.39 is 23.3 Å². The molecule has 1 aromatic heterocycles. The summed E-state index contributed by atoms with van der Waals surface area (Å²) in [5.74, 6) is -0.931. The minimum Gasteiger partial charge on any atom is -0.480 e. The summed E-state index contributed by atoms with van der Waals surface area (Å²) >= 11 is 0. The van der Waals surface area contributed by atoms with Gasteiger partial charge in [0.1, 0.15) is 11.6 Å². The second-order valence-corrected chi connectivity index (χ2v) is 6.93. The Hall–Kier alpha value is -3.81. The minimum absolute atomic E-state index is 0.0685. The van der Waals surface area contributed by atoms with Gasteiger partial charge in [-0.3, -0.25) is 9.59 Å². The number of carboxylic acids is 1. The third-order valence-corrected chi connectivity index (χ3v) is 5.05. The number of amides is 1. The molecule has 1 aliphatic heterocycles. The normalized spacial score (nSPS) is 13.2. The zero-order valence-corrected chi connectivity index (χ0v) is 16.3. The van der Waals surface area contributed by atoms with Crippen molar-refractivity contribution in [3.63, 3.8) is 0 Å². The van der Waals surface area contributed by atoms with Crippen molar-refractivity contribution in [2.75, 3.05) is 6.79 Å². The fraction of sp³-hybridized carbons (Fsp3) is 0.227. The number of hydrogen-bond donors (Lipinski definition) is 2. The highest BCUT2D eigenvalue weighted by atomic mass is 16.7. The van der Waals surface area contributed by atoms with Crippen molar-refractivity contribution in [3.05, 3.63) is 70.0 Å². The van der Waals surface area contributed by atoms with Crippen LogP contribution in [0, 0.1) is 0 Å². The van der Waals surface area contributed by atoms with Gasteiger partial charge in [0.25, 0.3) is 5.91 Å². The third-order valence-electron chi connectivity index (χ3n) is 5.05. The van der Waals surface area contributed by atoms with Crippen LogP contribution >= 0.6 is 0 Å². The first-order valence-corrected chi connectivity index (χ1v) is 9.52. The number of benzene rings is 2. The van der Waals surface area contributed by atoms with Gasteiger partial charge in [-0.15, -0.1) is 0 Å². The van der Waals surface area contributed by atoms with Gasteiger partial charge in [0, 0.05) is 25.2 Å². The van der Waals surface area contributed by atoms with Crippen molar-refractivity contribution in [1.29, 1.82) is 0 Å². The first kappa shape index (κ1) is 19.5. The fourth-order valence-corrected chi connectivity index (χ4v) is 3.49. The molecule has 8 nitrogen and oxygen atoms in total. The number of rotatable bonds is 6. The molecule has 154 valence electrons. The van der Waals surface area contributed by atoms with Crippen LogP contribution in [0.1, 0.15) is 22.8 Å². The minimum atomic E-state index is -1.17. The smallest absolute Gasteiger partial charge is 0.326 e. The van der Waals surface area contributed by atoms with E-state index in [0.717, 1.165) is 5.56 Å². The van der Waals surface area contributed by atoms with Crippen molar-refractivity contribution in [1.82, 2.24) is 9.88 Å². The number of fused-ring (bicyclic) bond motifs is 2. The standard InChI is InChI=1S/C22H20N2O6/c1-2-24-11-15(20(25)14-9-18-19(10-17(14)24)30-12-29-18)21(26)23-16(22(27)28)8-13-6-4-3-5-7-13/h3-7,9-11,16H,2,8,12H2,1H3,(H,23,26)(H,27,28)/t16-/m1/s1. The lowest BCUT2D eigenvalue weighted by molar-refractivity contribution is -0.139. The lowest BCUT2D eigenvalue weighted by Crippen LogP contribution is -2.43. The van der Waals surface area contributed by atoms with Gasteiger partial charge < -0.3 is 24.5 Å². The number of nitrogens with one attached hydrogen (secondary N) is 1. The highest BCUT2D eigenvalue weighted by Crippen LogP contribution is 2.35. The summed E-state index contributed by atoms with van der Waals surface area (Å²) in [7, 11) is 0. The average Bonchev–Trinajstić information content (AvgIpc) is 3.20. The molecule has 3 aromatic rings. The molecule has 0 spiro atoms. The lowest BCUT2D eigenvalue weighted by atomic mass is 10.0. The molecule has 0 bridgehead atoms. The van der Waals surface area contributed by atoms with Crippen LogP contribution in [-0.4, -0.2) is 34.4 Å². The summed E-state index contributed by atoms with van der Waals surface area (Å²) in [6.07, 6.45) is 1.56. The van der Waals surface area contributed by atoms with Gasteiger partial charge in [0.15, 0.2) is 11.5 Å². The summed E-state index contributed by atoms with van der Waals surface area (Å²) in [5, 5.41) is 12.3. The van der Waals surface area contributed by atoms with Crippen LogP contribution in [0.3, 0.4) is 0 Å². The van der Waals surface area contributed by atoms with Crippen LogP contribution in [0.15, 0.2) is 53.5 Å². The molecule has 2 N–H and O–H groups in total. The Bertz CT molecular complexity index is 1190. The van der Waals surface area contributed by atoms with E-state index in [-0.39, 0.29) is 18.8 Å². The summed E-state index contributed by atoms with van der Waals surface area (Å²) in [4.78, 5) is 37.6. The van der Waals surface area contributed by atoms with Crippen LogP contribution in [0.5, 0.6) is 11.5 Å². The number of carbonyl (C=O) groups is 2. The van der Waals surface area contributed by atoms with Crippen LogP contribution < -0.4 is 20.2 Å². The molecule has 0 saturated carbocycles. The number of nitrogens with zero attached hydrogens (tertiary/aromatic N) is 1. The quantitative estimate of drug-likeness (QED) is 0.647. The summed E-state index contributed by atoms with van der Waals surface area (Å²) < 4.78 is 12.5. The molecule has 2 aromatic carbocycles. The molecule has 0 saturated heterocycles. The number of carboxylic acid groups (broad SMARTS) is 1. The number of hydrogen-bond acceptors (Lipinski definition) is 5. The molecule has 0 radical (unpaired) electrons. The first-order valence-electron chi connectivity index (χ1n) is 9.52. The molecule has 2 heterocycles.